The molecule has 4 fully saturated rings. The topological polar surface area (TPSA) is 101 Å². The van der Waals surface area contributed by atoms with E-state index < -0.39 is 57.7 Å². The zero-order chi connectivity index (χ0) is 20.3. The summed E-state index contributed by atoms with van der Waals surface area (Å²) in [6.45, 7) is -0.578. The molecule has 6 nitrogen and oxygen atoms in total. The molecule has 0 saturated heterocycles. The molecule has 2 N–H and O–H groups in total. The standard InChI is InChI=1S/C16H22F4O6S/c17-15(18,16(19,20)27(23,24)25)2-1-3-26-12(21)13-5-10-4-11(6-13)8-14(22,7-10)9-13/h10-11,22H,1-9H2,(H,23,24,25). The SMILES string of the molecule is O=C(OCCCC(F)(F)C(F)(F)S(=O)(=O)O)C12CC3CC(CC(O)(C3)C1)C2. The van der Waals surface area contributed by atoms with Gasteiger partial charge in [0.05, 0.1) is 17.6 Å². The van der Waals surface area contributed by atoms with Gasteiger partial charge in [0.2, 0.25) is 0 Å². The van der Waals surface area contributed by atoms with Crippen molar-refractivity contribution >= 4 is 16.1 Å². The van der Waals surface area contributed by atoms with Crippen LogP contribution in [0.1, 0.15) is 51.4 Å². The van der Waals surface area contributed by atoms with Gasteiger partial charge < -0.3 is 9.84 Å². The van der Waals surface area contributed by atoms with Gasteiger partial charge in [-0.15, -0.1) is 0 Å². The molecular formula is C16H22F4O6S. The van der Waals surface area contributed by atoms with Gasteiger partial charge in [0.25, 0.3) is 0 Å². The fraction of sp³-hybridized carbons (Fsp3) is 0.938. The van der Waals surface area contributed by atoms with E-state index in [4.69, 9.17) is 9.29 Å². The van der Waals surface area contributed by atoms with E-state index in [0.717, 1.165) is 6.42 Å². The summed E-state index contributed by atoms with van der Waals surface area (Å²) in [5, 5.41) is 4.97. The summed E-state index contributed by atoms with van der Waals surface area (Å²) in [6.07, 6.45) is 1.30. The Bertz CT molecular complexity index is 708. The third kappa shape index (κ3) is 3.57. The average molecular weight is 418 g/mol. The number of alkyl halides is 4. The molecule has 4 aliphatic rings. The van der Waals surface area contributed by atoms with Crippen LogP contribution in [-0.2, 0) is 19.6 Å². The lowest BCUT2D eigenvalue weighted by atomic mass is 9.48. The molecule has 4 bridgehead atoms. The van der Waals surface area contributed by atoms with Gasteiger partial charge in [0, 0.05) is 6.42 Å². The fourth-order valence-electron chi connectivity index (χ4n) is 5.40. The molecule has 4 saturated carbocycles. The molecule has 0 amide bonds. The summed E-state index contributed by atoms with van der Waals surface area (Å²) in [6, 6.07) is 0. The van der Waals surface area contributed by atoms with Crippen molar-refractivity contribution in [3.8, 4) is 0 Å². The highest BCUT2D eigenvalue weighted by molar-refractivity contribution is 7.87. The molecule has 0 heterocycles. The Morgan fingerprint density at radius 3 is 2.15 bits per heavy atom. The number of carbonyl (C=O) groups excluding carboxylic acids is 1. The van der Waals surface area contributed by atoms with E-state index in [9.17, 15) is 35.9 Å². The summed E-state index contributed by atoms with van der Waals surface area (Å²) >= 11 is 0. The lowest BCUT2D eigenvalue weighted by molar-refractivity contribution is -0.197. The Kier molecular flexibility index (Phi) is 4.84. The molecule has 0 aromatic rings. The summed E-state index contributed by atoms with van der Waals surface area (Å²) in [4.78, 5) is 12.5. The number of esters is 1. The van der Waals surface area contributed by atoms with E-state index in [-0.39, 0.29) is 18.3 Å². The Balaban J connectivity index is 1.55. The minimum absolute atomic E-state index is 0.210. The maximum Gasteiger partial charge on any atom is 0.431 e. The zero-order valence-electron chi connectivity index (χ0n) is 14.5. The Morgan fingerprint density at radius 1 is 1.11 bits per heavy atom. The lowest BCUT2D eigenvalue weighted by Crippen LogP contribution is -2.58. The van der Waals surface area contributed by atoms with Crippen LogP contribution < -0.4 is 0 Å². The molecule has 156 valence electrons. The molecule has 0 aromatic carbocycles. The van der Waals surface area contributed by atoms with E-state index in [1.807, 2.05) is 0 Å². The lowest BCUT2D eigenvalue weighted by Gasteiger charge is -2.58. The van der Waals surface area contributed by atoms with Gasteiger partial charge in [-0.05, 0) is 56.8 Å². The smallest absolute Gasteiger partial charge is 0.431 e. The molecule has 0 aromatic heterocycles. The van der Waals surface area contributed by atoms with E-state index in [1.165, 1.54) is 0 Å². The highest BCUT2D eigenvalue weighted by atomic mass is 32.2. The van der Waals surface area contributed by atoms with Gasteiger partial charge in [-0.1, -0.05) is 0 Å². The van der Waals surface area contributed by atoms with Crippen molar-refractivity contribution in [1.29, 1.82) is 0 Å². The number of rotatable bonds is 7. The first-order chi connectivity index (χ1) is 12.2. The van der Waals surface area contributed by atoms with Gasteiger partial charge in [-0.3, -0.25) is 9.35 Å². The molecular weight excluding hydrogens is 396 g/mol. The number of halogens is 4. The van der Waals surface area contributed by atoms with Gasteiger partial charge >= 0.3 is 27.3 Å². The van der Waals surface area contributed by atoms with Crippen molar-refractivity contribution < 1.29 is 45.2 Å². The van der Waals surface area contributed by atoms with Crippen LogP contribution >= 0.6 is 0 Å². The highest BCUT2D eigenvalue weighted by Crippen LogP contribution is 2.62. The normalized spacial score (nSPS) is 36.1. The summed E-state index contributed by atoms with van der Waals surface area (Å²) in [7, 11) is -6.27. The summed E-state index contributed by atoms with van der Waals surface area (Å²) < 4.78 is 87.3. The van der Waals surface area contributed by atoms with Gasteiger partial charge in [0.1, 0.15) is 0 Å². The third-order valence-corrected chi connectivity index (χ3v) is 7.03. The molecule has 2 atom stereocenters. The molecule has 27 heavy (non-hydrogen) atoms. The number of aliphatic hydroxyl groups is 1. The van der Waals surface area contributed by atoms with Crippen LogP contribution in [0, 0.1) is 17.3 Å². The van der Waals surface area contributed by atoms with Crippen LogP contribution in [0.4, 0.5) is 17.6 Å². The second-order valence-corrected chi connectivity index (χ2v) is 9.86. The number of ether oxygens (including phenoxy) is 1. The van der Waals surface area contributed by atoms with Crippen LogP contribution in [-0.4, -0.2) is 47.4 Å². The van der Waals surface area contributed by atoms with Crippen LogP contribution in [0.5, 0.6) is 0 Å². The minimum Gasteiger partial charge on any atom is -0.465 e. The Morgan fingerprint density at radius 2 is 1.67 bits per heavy atom. The van der Waals surface area contributed by atoms with Crippen LogP contribution in [0.2, 0.25) is 0 Å². The molecule has 11 heteroatoms. The first-order valence-electron chi connectivity index (χ1n) is 8.82. The predicted octanol–water partition coefficient (Wildman–Crippen LogP) is 2.76. The van der Waals surface area contributed by atoms with Crippen LogP contribution in [0.3, 0.4) is 0 Å². The van der Waals surface area contributed by atoms with Crippen molar-refractivity contribution in [1.82, 2.24) is 0 Å². The summed E-state index contributed by atoms with van der Waals surface area (Å²) in [5.74, 6) is -5.20. The van der Waals surface area contributed by atoms with Gasteiger partial charge in [0.15, 0.2) is 0 Å². The number of hydrogen-bond acceptors (Lipinski definition) is 5. The van der Waals surface area contributed by atoms with Crippen molar-refractivity contribution in [2.45, 2.75) is 68.1 Å². The van der Waals surface area contributed by atoms with E-state index in [2.05, 4.69) is 0 Å². The van der Waals surface area contributed by atoms with Crippen LogP contribution in [0.15, 0.2) is 0 Å². The Hall–Kier alpha value is -0.940. The largest absolute Gasteiger partial charge is 0.465 e. The van der Waals surface area contributed by atoms with E-state index in [1.54, 1.807) is 0 Å². The molecule has 0 spiro atoms. The average Bonchev–Trinajstić information content (AvgIpc) is 2.47. The molecule has 0 radical (unpaired) electrons. The van der Waals surface area contributed by atoms with Gasteiger partial charge in [-0.2, -0.15) is 26.0 Å². The fourth-order valence-corrected chi connectivity index (χ4v) is 5.88. The quantitative estimate of drug-likeness (QED) is 0.285. The minimum atomic E-state index is -6.27. The highest BCUT2D eigenvalue weighted by Gasteiger charge is 2.65. The van der Waals surface area contributed by atoms with Crippen molar-refractivity contribution in [2.24, 2.45) is 17.3 Å². The monoisotopic (exact) mass is 418 g/mol. The van der Waals surface area contributed by atoms with Crippen molar-refractivity contribution in [3.63, 3.8) is 0 Å². The number of hydrogen-bond donors (Lipinski definition) is 2. The second kappa shape index (κ2) is 6.28. The van der Waals surface area contributed by atoms with Crippen molar-refractivity contribution in [2.75, 3.05) is 6.61 Å². The van der Waals surface area contributed by atoms with E-state index in [0.29, 0.717) is 25.7 Å². The predicted molar refractivity (Wildman–Crippen MR) is 83.7 cm³/mol. The second-order valence-electron chi connectivity index (χ2n) is 8.40. The maximum absolute atomic E-state index is 13.4. The van der Waals surface area contributed by atoms with Gasteiger partial charge in [-0.25, -0.2) is 0 Å². The Labute approximate surface area is 154 Å². The number of carbonyl (C=O) groups is 1. The molecule has 4 rings (SSSR count). The molecule has 4 aliphatic carbocycles. The zero-order valence-corrected chi connectivity index (χ0v) is 15.3. The maximum atomic E-state index is 13.4. The van der Waals surface area contributed by atoms with Crippen molar-refractivity contribution in [3.05, 3.63) is 0 Å². The van der Waals surface area contributed by atoms with E-state index >= 15 is 0 Å². The first kappa shape index (κ1) is 20.8. The first-order valence-corrected chi connectivity index (χ1v) is 10.3. The molecule has 0 aliphatic heterocycles. The summed E-state index contributed by atoms with van der Waals surface area (Å²) in [5.41, 5.74) is -1.77. The van der Waals surface area contributed by atoms with Crippen LogP contribution in [0.25, 0.3) is 0 Å². The molecule has 2 unspecified atom stereocenters. The third-order valence-electron chi connectivity index (χ3n) is 6.08.